The van der Waals surface area contributed by atoms with Gasteiger partial charge in [0, 0.05) is 13.1 Å². The van der Waals surface area contributed by atoms with Gasteiger partial charge in [-0.1, -0.05) is 26.0 Å². The summed E-state index contributed by atoms with van der Waals surface area (Å²) in [4.78, 5) is 14.1. The largest absolute Gasteiger partial charge is 0.434 e. The topological polar surface area (TPSA) is 41.6 Å². The van der Waals surface area contributed by atoms with E-state index < -0.39 is 12.5 Å². The minimum absolute atomic E-state index is 0.108. The molecule has 20 heavy (non-hydrogen) atoms. The van der Waals surface area contributed by atoms with E-state index in [0.29, 0.717) is 6.54 Å². The van der Waals surface area contributed by atoms with Crippen LogP contribution in [0.25, 0.3) is 0 Å². The second kappa shape index (κ2) is 8.47. The van der Waals surface area contributed by atoms with Crippen LogP contribution in [0.4, 0.5) is 8.78 Å². The molecule has 4 nitrogen and oxygen atoms in total. The number of amides is 1. The Labute approximate surface area is 117 Å². The summed E-state index contributed by atoms with van der Waals surface area (Å²) in [6.45, 7) is 4.11. The molecule has 0 spiro atoms. The minimum Gasteiger partial charge on any atom is -0.434 e. The van der Waals surface area contributed by atoms with E-state index in [1.165, 1.54) is 12.1 Å². The number of alkyl halides is 2. The average molecular weight is 286 g/mol. The summed E-state index contributed by atoms with van der Waals surface area (Å²) < 4.78 is 28.8. The summed E-state index contributed by atoms with van der Waals surface area (Å²) in [5, 5.41) is 2.71. The van der Waals surface area contributed by atoms with Crippen LogP contribution in [-0.2, 0) is 0 Å². The van der Waals surface area contributed by atoms with Crippen LogP contribution in [0.1, 0.15) is 24.2 Å². The number of likely N-dealkylation sites (N-methyl/N-ethyl adjacent to an activating group) is 1. The van der Waals surface area contributed by atoms with Crippen molar-refractivity contribution in [3.63, 3.8) is 0 Å². The number of nitrogens with zero attached hydrogens (tertiary/aromatic N) is 1. The fourth-order valence-electron chi connectivity index (χ4n) is 1.82. The highest BCUT2D eigenvalue weighted by Gasteiger charge is 2.14. The molecule has 0 atom stereocenters. The normalized spacial score (nSPS) is 10.9. The number of ether oxygens (including phenoxy) is 1. The monoisotopic (exact) mass is 286 g/mol. The van der Waals surface area contributed by atoms with Crippen LogP contribution in [0, 0.1) is 0 Å². The van der Waals surface area contributed by atoms with Crippen molar-refractivity contribution in [2.24, 2.45) is 0 Å². The highest BCUT2D eigenvalue weighted by Crippen LogP contribution is 2.19. The third-order valence-corrected chi connectivity index (χ3v) is 2.96. The lowest BCUT2D eigenvalue weighted by Crippen LogP contribution is -2.35. The standard InChI is InChI=1S/C14H20F2N2O2/c1-3-18(4-2)10-9-17-13(19)11-7-5-6-8-12(11)20-14(15)16/h5-8,14H,3-4,9-10H2,1-2H3,(H,17,19). The maximum absolute atomic E-state index is 12.3. The molecular formula is C14H20F2N2O2. The van der Waals surface area contributed by atoms with Crippen molar-refractivity contribution < 1.29 is 18.3 Å². The maximum atomic E-state index is 12.3. The fourth-order valence-corrected chi connectivity index (χ4v) is 1.82. The van der Waals surface area contributed by atoms with Gasteiger partial charge in [0.25, 0.3) is 5.91 Å². The summed E-state index contributed by atoms with van der Waals surface area (Å²) in [6, 6.07) is 5.97. The summed E-state index contributed by atoms with van der Waals surface area (Å²) in [6.07, 6.45) is 0. The first-order chi connectivity index (χ1) is 9.58. The predicted molar refractivity (Wildman–Crippen MR) is 73.2 cm³/mol. The van der Waals surface area contributed by atoms with Gasteiger partial charge in [0.1, 0.15) is 5.75 Å². The van der Waals surface area contributed by atoms with Crippen LogP contribution in [0.2, 0.25) is 0 Å². The van der Waals surface area contributed by atoms with Gasteiger partial charge in [-0.3, -0.25) is 4.79 Å². The molecule has 1 N–H and O–H groups in total. The number of hydrogen-bond acceptors (Lipinski definition) is 3. The molecule has 0 fully saturated rings. The van der Waals surface area contributed by atoms with Crippen molar-refractivity contribution in [3.8, 4) is 5.75 Å². The summed E-state index contributed by atoms with van der Waals surface area (Å²) in [5.74, 6) is -0.517. The molecule has 0 saturated carbocycles. The van der Waals surface area contributed by atoms with E-state index in [2.05, 4.69) is 15.0 Å². The minimum atomic E-state index is -2.94. The predicted octanol–water partition coefficient (Wildman–Crippen LogP) is 2.36. The lowest BCUT2D eigenvalue weighted by atomic mass is 10.2. The number of para-hydroxylation sites is 1. The van der Waals surface area contributed by atoms with E-state index in [0.717, 1.165) is 19.6 Å². The van der Waals surface area contributed by atoms with Gasteiger partial charge in [-0.15, -0.1) is 0 Å². The Hall–Kier alpha value is -1.69. The van der Waals surface area contributed by atoms with Crippen LogP contribution in [-0.4, -0.2) is 43.6 Å². The Kier molecular flexibility index (Phi) is 6.93. The fraction of sp³-hybridized carbons (Fsp3) is 0.500. The summed E-state index contributed by atoms with van der Waals surface area (Å²) >= 11 is 0. The third kappa shape index (κ3) is 5.13. The third-order valence-electron chi connectivity index (χ3n) is 2.96. The molecule has 0 saturated heterocycles. The van der Waals surface area contributed by atoms with Crippen LogP contribution < -0.4 is 10.1 Å². The molecule has 1 amide bonds. The molecule has 0 radical (unpaired) electrons. The Morgan fingerprint density at radius 1 is 1.30 bits per heavy atom. The molecule has 1 aromatic carbocycles. The van der Waals surface area contributed by atoms with E-state index in [1.807, 2.05) is 13.8 Å². The highest BCUT2D eigenvalue weighted by atomic mass is 19.3. The number of benzene rings is 1. The van der Waals surface area contributed by atoms with E-state index in [9.17, 15) is 13.6 Å². The molecule has 0 unspecified atom stereocenters. The van der Waals surface area contributed by atoms with Crippen LogP contribution in [0.3, 0.4) is 0 Å². The zero-order valence-corrected chi connectivity index (χ0v) is 11.7. The van der Waals surface area contributed by atoms with Crippen molar-refractivity contribution in [2.75, 3.05) is 26.2 Å². The molecule has 1 aromatic rings. The van der Waals surface area contributed by atoms with Gasteiger partial charge in [0.15, 0.2) is 0 Å². The lowest BCUT2D eigenvalue weighted by molar-refractivity contribution is -0.0501. The quantitative estimate of drug-likeness (QED) is 0.797. The van der Waals surface area contributed by atoms with E-state index in [4.69, 9.17) is 0 Å². The second-order valence-corrected chi connectivity index (χ2v) is 4.16. The summed E-state index contributed by atoms with van der Waals surface area (Å²) in [7, 11) is 0. The molecule has 0 aliphatic rings. The van der Waals surface area contributed by atoms with Crippen molar-refractivity contribution in [2.45, 2.75) is 20.5 Å². The van der Waals surface area contributed by atoms with Gasteiger partial charge in [-0.05, 0) is 25.2 Å². The van der Waals surface area contributed by atoms with Crippen molar-refractivity contribution in [1.82, 2.24) is 10.2 Å². The first kappa shape index (κ1) is 16.4. The molecule has 0 heterocycles. The van der Waals surface area contributed by atoms with Gasteiger partial charge < -0.3 is 15.0 Å². The van der Waals surface area contributed by atoms with Gasteiger partial charge >= 0.3 is 6.61 Å². The lowest BCUT2D eigenvalue weighted by Gasteiger charge is -2.18. The molecule has 1 rings (SSSR count). The highest BCUT2D eigenvalue weighted by molar-refractivity contribution is 5.96. The Bertz CT molecular complexity index is 423. The number of halogens is 2. The molecule has 112 valence electrons. The van der Waals surface area contributed by atoms with Crippen LogP contribution in [0.5, 0.6) is 5.75 Å². The zero-order chi connectivity index (χ0) is 15.0. The first-order valence-corrected chi connectivity index (χ1v) is 6.62. The van der Waals surface area contributed by atoms with Crippen molar-refractivity contribution >= 4 is 5.91 Å². The van der Waals surface area contributed by atoms with E-state index in [1.54, 1.807) is 12.1 Å². The van der Waals surface area contributed by atoms with E-state index in [-0.39, 0.29) is 11.3 Å². The number of carbonyl (C=O) groups excluding carboxylic acids is 1. The Morgan fingerprint density at radius 2 is 1.95 bits per heavy atom. The van der Waals surface area contributed by atoms with Gasteiger partial charge in [0.2, 0.25) is 0 Å². The number of rotatable bonds is 8. The van der Waals surface area contributed by atoms with Gasteiger partial charge in [-0.2, -0.15) is 8.78 Å². The molecular weight excluding hydrogens is 266 g/mol. The van der Waals surface area contributed by atoms with Gasteiger partial charge in [-0.25, -0.2) is 0 Å². The number of carbonyl (C=O) groups is 1. The molecule has 0 aliphatic heterocycles. The SMILES string of the molecule is CCN(CC)CCNC(=O)c1ccccc1OC(F)F. The van der Waals surface area contributed by atoms with Crippen molar-refractivity contribution in [3.05, 3.63) is 29.8 Å². The van der Waals surface area contributed by atoms with Crippen LogP contribution in [0.15, 0.2) is 24.3 Å². The Morgan fingerprint density at radius 3 is 2.55 bits per heavy atom. The maximum Gasteiger partial charge on any atom is 0.387 e. The van der Waals surface area contributed by atoms with E-state index >= 15 is 0 Å². The first-order valence-electron chi connectivity index (χ1n) is 6.62. The smallest absolute Gasteiger partial charge is 0.387 e. The summed E-state index contributed by atoms with van der Waals surface area (Å²) in [5.41, 5.74) is 0.118. The molecule has 0 bridgehead atoms. The number of hydrogen-bond donors (Lipinski definition) is 1. The molecule has 0 aliphatic carbocycles. The second-order valence-electron chi connectivity index (χ2n) is 4.16. The van der Waals surface area contributed by atoms with Crippen molar-refractivity contribution in [1.29, 1.82) is 0 Å². The average Bonchev–Trinajstić information content (AvgIpc) is 2.43. The zero-order valence-electron chi connectivity index (χ0n) is 11.7. The Balaban J connectivity index is 2.59. The molecule has 6 heteroatoms. The number of nitrogens with one attached hydrogen (secondary N) is 1. The molecule has 0 aromatic heterocycles. The van der Waals surface area contributed by atoms with Crippen LogP contribution >= 0.6 is 0 Å². The van der Waals surface area contributed by atoms with Gasteiger partial charge in [0.05, 0.1) is 5.56 Å².